The van der Waals surface area contributed by atoms with E-state index in [0.29, 0.717) is 50.9 Å². The first-order valence-electron chi connectivity index (χ1n) is 16.4. The van der Waals surface area contributed by atoms with Crippen molar-refractivity contribution < 1.29 is 26.3 Å². The molecule has 0 atom stereocenters. The van der Waals surface area contributed by atoms with E-state index in [0.717, 1.165) is 22.6 Å². The number of hydrogen-bond acceptors (Lipinski definition) is 3. The smallest absolute Gasteiger partial charge is 0.309 e. The summed E-state index contributed by atoms with van der Waals surface area (Å²) in [5.74, 6) is 0.333. The predicted molar refractivity (Wildman–Crippen MR) is 193 cm³/mol. The molecule has 0 radical (unpaired) electrons. The third kappa shape index (κ3) is 6.16. The second kappa shape index (κ2) is 12.8. The minimum atomic E-state index is -5.05. The normalized spacial score (nSPS) is 11.9. The van der Waals surface area contributed by atoms with Crippen LogP contribution in [0.1, 0.15) is 16.7 Å². The Kier molecular flexibility index (Phi) is 8.07. The first-order chi connectivity index (χ1) is 25.5. The maximum absolute atomic E-state index is 14.2. The van der Waals surface area contributed by atoms with E-state index in [9.17, 15) is 31.6 Å². The van der Waals surface area contributed by atoms with Crippen LogP contribution in [0.5, 0.6) is 0 Å². The van der Waals surface area contributed by atoms with Crippen LogP contribution in [0.3, 0.4) is 0 Å². The Hall–Kier alpha value is -6.73. The first kappa shape index (κ1) is 33.4. The summed E-state index contributed by atoms with van der Waals surface area (Å²) >= 11 is 0. The van der Waals surface area contributed by atoms with Crippen molar-refractivity contribution in [1.29, 1.82) is 5.26 Å². The molecule has 8 rings (SSSR count). The van der Waals surface area contributed by atoms with Crippen LogP contribution in [0.2, 0.25) is 0 Å². The Morgan fingerprint density at radius 1 is 0.509 bits per heavy atom. The number of alkyl halides is 6. The third-order valence-corrected chi connectivity index (χ3v) is 9.13. The Morgan fingerprint density at radius 2 is 1.11 bits per heavy atom. The van der Waals surface area contributed by atoms with Gasteiger partial charge in [-0.2, -0.15) is 31.6 Å². The number of benzene rings is 6. The number of rotatable bonds is 5. The van der Waals surface area contributed by atoms with Crippen molar-refractivity contribution in [3.8, 4) is 56.8 Å². The number of aromatic nitrogens is 3. The van der Waals surface area contributed by atoms with Crippen molar-refractivity contribution in [2.45, 2.75) is 12.4 Å². The van der Waals surface area contributed by atoms with E-state index in [1.165, 1.54) is 12.1 Å². The van der Waals surface area contributed by atoms with E-state index in [1.807, 2.05) is 95.6 Å². The highest BCUT2D eigenvalue weighted by molar-refractivity contribution is 6.10. The average Bonchev–Trinajstić information content (AvgIpc) is 3.51. The molecule has 0 fully saturated rings. The lowest BCUT2D eigenvalue weighted by Gasteiger charge is -2.17. The number of nitrogens with zero attached hydrogens (tertiary/aromatic N) is 4. The zero-order valence-corrected chi connectivity index (χ0v) is 27.4. The molecule has 4 nitrogen and oxygen atoms in total. The SMILES string of the molecule is N#Cc1cc(-n2c3ccccc3c3ccc(-c4ccc(C(F)(F)F)cc4C(F)(F)F)cc32)ccc1-c1nc(-c2ccccc2)cc(-c2ccccc2)n1. The monoisotopic (exact) mass is 710 g/mol. The van der Waals surface area contributed by atoms with E-state index in [2.05, 4.69) is 6.07 Å². The molecule has 6 aromatic carbocycles. The molecule has 0 N–H and O–H groups in total. The molecule has 0 unspecified atom stereocenters. The summed E-state index contributed by atoms with van der Waals surface area (Å²) in [6.07, 6.45) is -9.99. The Balaban J connectivity index is 1.31. The molecule has 0 aliphatic heterocycles. The molecule has 2 heterocycles. The van der Waals surface area contributed by atoms with E-state index < -0.39 is 23.5 Å². The van der Waals surface area contributed by atoms with Crippen LogP contribution in [0.4, 0.5) is 26.3 Å². The molecule has 0 bridgehead atoms. The zero-order valence-electron chi connectivity index (χ0n) is 27.4. The molecule has 0 saturated carbocycles. The van der Waals surface area contributed by atoms with E-state index >= 15 is 0 Å². The molecule has 0 aliphatic carbocycles. The molecule has 2 aromatic heterocycles. The quantitative estimate of drug-likeness (QED) is 0.167. The lowest BCUT2D eigenvalue weighted by atomic mass is 9.96. The van der Waals surface area contributed by atoms with Gasteiger partial charge in [-0.1, -0.05) is 97.1 Å². The summed E-state index contributed by atoms with van der Waals surface area (Å²) < 4.78 is 84.8. The van der Waals surface area contributed by atoms with Crippen molar-refractivity contribution in [2.24, 2.45) is 0 Å². The molecule has 0 spiro atoms. The highest BCUT2D eigenvalue weighted by Crippen LogP contribution is 2.43. The van der Waals surface area contributed by atoms with Crippen LogP contribution in [0.15, 0.2) is 146 Å². The summed E-state index contributed by atoms with van der Waals surface area (Å²) in [5.41, 5.74) is 2.48. The highest BCUT2D eigenvalue weighted by Gasteiger charge is 2.38. The molecule has 10 heteroatoms. The largest absolute Gasteiger partial charge is 0.417 e. The van der Waals surface area contributed by atoms with Crippen LogP contribution in [-0.4, -0.2) is 14.5 Å². The van der Waals surface area contributed by atoms with Crippen molar-refractivity contribution in [3.63, 3.8) is 0 Å². The van der Waals surface area contributed by atoms with Gasteiger partial charge in [-0.25, -0.2) is 9.97 Å². The van der Waals surface area contributed by atoms with Gasteiger partial charge in [-0.05, 0) is 59.7 Å². The van der Waals surface area contributed by atoms with Crippen LogP contribution in [0, 0.1) is 11.3 Å². The van der Waals surface area contributed by atoms with Gasteiger partial charge in [0.1, 0.15) is 0 Å². The Morgan fingerprint density at radius 3 is 1.74 bits per heavy atom. The first-order valence-corrected chi connectivity index (χ1v) is 16.4. The van der Waals surface area contributed by atoms with Gasteiger partial charge in [-0.3, -0.25) is 0 Å². The van der Waals surface area contributed by atoms with Crippen molar-refractivity contribution in [3.05, 3.63) is 162 Å². The second-order valence-electron chi connectivity index (χ2n) is 12.4. The molecule has 0 saturated heterocycles. The fourth-order valence-corrected chi connectivity index (χ4v) is 6.66. The van der Waals surface area contributed by atoms with Gasteiger partial charge in [0.15, 0.2) is 5.82 Å². The lowest BCUT2D eigenvalue weighted by Crippen LogP contribution is -2.12. The van der Waals surface area contributed by atoms with Gasteiger partial charge < -0.3 is 4.57 Å². The fraction of sp³-hybridized carbons (Fsp3) is 0.0465. The molecule has 0 amide bonds. The van der Waals surface area contributed by atoms with Crippen molar-refractivity contribution in [1.82, 2.24) is 14.5 Å². The molecule has 8 aromatic rings. The number of halogens is 6. The summed E-state index contributed by atoms with van der Waals surface area (Å²) in [4.78, 5) is 9.73. The van der Waals surface area contributed by atoms with Crippen LogP contribution >= 0.6 is 0 Å². The van der Waals surface area contributed by atoms with Gasteiger partial charge in [-0.15, -0.1) is 0 Å². The summed E-state index contributed by atoms with van der Waals surface area (Å²) in [6, 6.07) is 42.3. The number of hydrogen-bond donors (Lipinski definition) is 0. The van der Waals surface area contributed by atoms with Gasteiger partial charge >= 0.3 is 12.4 Å². The van der Waals surface area contributed by atoms with Gasteiger partial charge in [0.25, 0.3) is 0 Å². The Labute approximate surface area is 298 Å². The average molecular weight is 711 g/mol. The van der Waals surface area contributed by atoms with E-state index in [1.54, 1.807) is 24.3 Å². The summed E-state index contributed by atoms with van der Waals surface area (Å²) in [5, 5.41) is 12.0. The number of para-hydroxylation sites is 1. The minimum Gasteiger partial charge on any atom is -0.309 e. The number of fused-ring (bicyclic) bond motifs is 3. The lowest BCUT2D eigenvalue weighted by molar-refractivity contribution is -0.142. The summed E-state index contributed by atoms with van der Waals surface area (Å²) in [7, 11) is 0. The van der Waals surface area contributed by atoms with Crippen LogP contribution in [-0.2, 0) is 12.4 Å². The second-order valence-corrected chi connectivity index (χ2v) is 12.4. The predicted octanol–water partition coefficient (Wildman–Crippen LogP) is 12.2. The van der Waals surface area contributed by atoms with Crippen molar-refractivity contribution in [2.75, 3.05) is 0 Å². The Bertz CT molecular complexity index is 2650. The maximum atomic E-state index is 14.2. The molecule has 53 heavy (non-hydrogen) atoms. The van der Waals surface area contributed by atoms with E-state index in [-0.39, 0.29) is 22.8 Å². The maximum Gasteiger partial charge on any atom is 0.417 e. The fourth-order valence-electron chi connectivity index (χ4n) is 6.66. The zero-order chi connectivity index (χ0) is 36.9. The molecule has 0 aliphatic rings. The summed E-state index contributed by atoms with van der Waals surface area (Å²) in [6.45, 7) is 0. The molecular weight excluding hydrogens is 686 g/mol. The minimum absolute atomic E-state index is 0.0827. The highest BCUT2D eigenvalue weighted by atomic mass is 19.4. The van der Waals surface area contributed by atoms with Gasteiger partial charge in [0, 0.05) is 33.2 Å². The standard InChI is InChI=1S/C43H24F6N4/c44-42(45,46)30-16-19-32(36(23-30)43(47,48)49)28-15-18-35-34-13-7-8-14-39(34)53(40(35)22-28)31-17-20-33(29(21-31)25-50)41-51-37(26-9-3-1-4-10-26)24-38(52-41)27-11-5-2-6-12-27/h1-24H. The molecular formula is C43H24F6N4. The number of nitriles is 1. The van der Waals surface area contributed by atoms with Crippen LogP contribution in [0.25, 0.3) is 72.5 Å². The van der Waals surface area contributed by atoms with Crippen molar-refractivity contribution >= 4 is 21.8 Å². The molecule has 258 valence electrons. The third-order valence-electron chi connectivity index (χ3n) is 9.13. The van der Waals surface area contributed by atoms with E-state index in [4.69, 9.17) is 9.97 Å². The van der Waals surface area contributed by atoms with Gasteiger partial charge in [0.2, 0.25) is 0 Å². The topological polar surface area (TPSA) is 54.5 Å². The van der Waals surface area contributed by atoms with Gasteiger partial charge in [0.05, 0.1) is 45.2 Å². The van der Waals surface area contributed by atoms with Crippen LogP contribution < -0.4 is 0 Å².